The molecule has 2 fully saturated rings. The predicted molar refractivity (Wildman–Crippen MR) is 153 cm³/mol. The van der Waals surface area contributed by atoms with Gasteiger partial charge in [-0.2, -0.15) is 0 Å². The molecule has 1 aliphatic carbocycles. The van der Waals surface area contributed by atoms with Crippen LogP contribution in [0.1, 0.15) is 60.8 Å². The Morgan fingerprint density at radius 1 is 0.839 bits per heavy atom. The van der Waals surface area contributed by atoms with E-state index < -0.39 is 16.1 Å². The Labute approximate surface area is 217 Å². The SMILES string of the molecule is CC(C)(C)[C]1[P]C(C(C)(C)C)P(C([Si](C)(C)C)[Si](C)(C)C)[P]1.[CH]1[CH][CH]CCC[CH][CH]1.[Ru+2]. The molecule has 178 valence electrons. The molecule has 0 nitrogen and oxygen atoms in total. The van der Waals surface area contributed by atoms with Gasteiger partial charge in [0.2, 0.25) is 0 Å². The first-order valence-corrected chi connectivity index (χ1v) is 22.9. The molecule has 0 N–H and O–H groups in total. The Kier molecular flexibility index (Phi) is 14.6. The van der Waals surface area contributed by atoms with Crippen LogP contribution in [0, 0.1) is 48.3 Å². The van der Waals surface area contributed by atoms with Crippen molar-refractivity contribution in [1.82, 2.24) is 0 Å². The van der Waals surface area contributed by atoms with Crippen molar-refractivity contribution in [2.45, 2.75) is 110 Å². The fourth-order valence-electron chi connectivity index (χ4n) is 4.36. The zero-order chi connectivity index (χ0) is 23.4. The van der Waals surface area contributed by atoms with Crippen LogP contribution in [0.15, 0.2) is 0 Å². The molecule has 0 bridgehead atoms. The van der Waals surface area contributed by atoms with Gasteiger partial charge in [-0.05, 0) is 69.0 Å². The quantitative estimate of drug-likeness (QED) is 0.224. The monoisotopic (exact) mass is 600 g/mol. The molecule has 31 heavy (non-hydrogen) atoms. The summed E-state index contributed by atoms with van der Waals surface area (Å²) in [6.07, 6.45) is 14.5. The van der Waals surface area contributed by atoms with Crippen molar-refractivity contribution in [1.29, 1.82) is 0 Å². The first kappa shape index (κ1) is 33.3. The van der Waals surface area contributed by atoms with Crippen LogP contribution < -0.4 is 0 Å². The third-order valence-corrected chi connectivity index (χ3v) is 31.7. The summed E-state index contributed by atoms with van der Waals surface area (Å²) in [5.41, 5.74) is 0.831. The van der Waals surface area contributed by atoms with Gasteiger partial charge in [0.25, 0.3) is 0 Å². The van der Waals surface area contributed by atoms with Crippen LogP contribution in [-0.4, -0.2) is 26.5 Å². The molecule has 1 aliphatic heterocycles. The molecule has 0 aromatic heterocycles. The van der Waals surface area contributed by atoms with Crippen molar-refractivity contribution < 1.29 is 19.5 Å². The summed E-state index contributed by atoms with van der Waals surface area (Å²) in [6.45, 7) is 30.6. The zero-order valence-corrected chi connectivity index (χ0v) is 28.8. The third kappa shape index (κ3) is 11.8. The average Bonchev–Trinajstić information content (AvgIpc) is 2.88. The van der Waals surface area contributed by atoms with Gasteiger partial charge >= 0.3 is 19.5 Å². The maximum absolute atomic E-state index is 2.64. The van der Waals surface area contributed by atoms with Gasteiger partial charge in [-0.3, -0.25) is 0 Å². The molecular formula is C25H49P3RuSi2+2. The summed E-state index contributed by atoms with van der Waals surface area (Å²) in [6, 6.07) is 0. The van der Waals surface area contributed by atoms with Gasteiger partial charge in [0.15, 0.2) is 0 Å². The van der Waals surface area contributed by atoms with Crippen LogP contribution >= 0.6 is 24.5 Å². The molecule has 2 atom stereocenters. The van der Waals surface area contributed by atoms with Crippen LogP contribution in [0.4, 0.5) is 0 Å². The van der Waals surface area contributed by atoms with Crippen molar-refractivity contribution in [2.24, 2.45) is 10.8 Å². The molecule has 1 heterocycles. The van der Waals surface area contributed by atoms with E-state index in [1.165, 1.54) is 19.3 Å². The van der Waals surface area contributed by atoms with Crippen molar-refractivity contribution in [3.05, 3.63) is 37.5 Å². The van der Waals surface area contributed by atoms with Crippen LogP contribution in [-0.2, 0) is 19.5 Å². The molecule has 1 saturated carbocycles. The maximum atomic E-state index is 2.64. The van der Waals surface area contributed by atoms with Gasteiger partial charge < -0.3 is 0 Å². The molecule has 6 heteroatoms. The van der Waals surface area contributed by atoms with Gasteiger partial charge in [-0.15, -0.1) is 0 Å². The van der Waals surface area contributed by atoms with Crippen LogP contribution in [0.5, 0.6) is 0 Å². The molecule has 2 rings (SSSR count). The van der Waals surface area contributed by atoms with E-state index in [0.717, 1.165) is 10.3 Å². The van der Waals surface area contributed by atoms with Crippen molar-refractivity contribution in [2.75, 3.05) is 0 Å². The fraction of sp³-hybridized carbons (Fsp3) is 0.760. The Morgan fingerprint density at radius 2 is 1.29 bits per heavy atom. The first-order chi connectivity index (χ1) is 13.5. The molecule has 2 aliphatic rings. The van der Waals surface area contributed by atoms with Crippen molar-refractivity contribution in [3.8, 4) is 0 Å². The van der Waals surface area contributed by atoms with Gasteiger partial charge in [0, 0.05) is 26.9 Å². The normalized spacial score (nSPS) is 26.2. The van der Waals surface area contributed by atoms with E-state index in [9.17, 15) is 0 Å². The van der Waals surface area contributed by atoms with E-state index in [1.54, 1.807) is 16.9 Å². The van der Waals surface area contributed by atoms with E-state index in [0.29, 0.717) is 10.8 Å². The maximum Gasteiger partial charge on any atom is 2.00 e. The van der Waals surface area contributed by atoms with E-state index in [1.807, 2.05) is 5.40 Å². The second-order valence-electron chi connectivity index (χ2n) is 13.0. The smallest absolute Gasteiger partial charge is 0.0693 e. The Balaban J connectivity index is 0.000000838. The van der Waals surface area contributed by atoms with Crippen molar-refractivity contribution >= 4 is 40.6 Å². The summed E-state index contributed by atoms with van der Waals surface area (Å²) in [5.74, 6) is 0. The minimum Gasteiger partial charge on any atom is -0.0693 e. The summed E-state index contributed by atoms with van der Waals surface area (Å²) >= 11 is 0. The van der Waals surface area contributed by atoms with Crippen LogP contribution in [0.3, 0.4) is 0 Å². The third-order valence-electron chi connectivity index (χ3n) is 5.29. The molecule has 8 radical (unpaired) electrons. The van der Waals surface area contributed by atoms with Crippen LogP contribution in [0.2, 0.25) is 39.3 Å². The minimum absolute atomic E-state index is 0. The summed E-state index contributed by atoms with van der Waals surface area (Å²) in [7, 11) is 1.29. The molecule has 0 spiro atoms. The molecule has 1 saturated heterocycles. The van der Waals surface area contributed by atoms with E-state index in [-0.39, 0.29) is 27.1 Å². The molecule has 0 aromatic rings. The van der Waals surface area contributed by atoms with Gasteiger partial charge in [0.1, 0.15) is 0 Å². The summed E-state index contributed by atoms with van der Waals surface area (Å²) in [4.78, 5) is 1.08. The Bertz CT molecular complexity index is 463. The molecule has 2 unspecified atom stereocenters. The van der Waals surface area contributed by atoms with Crippen LogP contribution in [0.25, 0.3) is 0 Å². The van der Waals surface area contributed by atoms with E-state index in [4.69, 9.17) is 0 Å². The largest absolute Gasteiger partial charge is 2.00 e. The fourth-order valence-corrected chi connectivity index (χ4v) is 40.5. The predicted octanol–water partition coefficient (Wildman–Crippen LogP) is 10.5. The Morgan fingerprint density at radius 3 is 1.65 bits per heavy atom. The first-order valence-electron chi connectivity index (χ1n) is 11.7. The number of rotatable bonds is 3. The topological polar surface area (TPSA) is 0 Å². The van der Waals surface area contributed by atoms with Gasteiger partial charge in [-0.25, -0.2) is 0 Å². The molecule has 0 amide bonds. The van der Waals surface area contributed by atoms with Gasteiger partial charge in [-0.1, -0.05) is 103 Å². The average molecular weight is 600 g/mol. The second-order valence-corrected chi connectivity index (χ2v) is 31.6. The van der Waals surface area contributed by atoms with E-state index >= 15 is 0 Å². The zero-order valence-electron chi connectivity index (χ0n) is 22.4. The molecular weight excluding hydrogens is 550 g/mol. The minimum atomic E-state index is -1.13. The molecule has 0 aromatic carbocycles. The number of hydrogen-bond acceptors (Lipinski definition) is 0. The standard InChI is InChI=1S/C17H38P3Si2.C8H11.Ru/c1-16(2,3)13-18-14(17(4,5)6)20(19-13)15(21(7,8)9)22(10,11)12;1-2-4-6-8-7-5-3-1;/h14-15H,1-12H3;1-5H,6-8H2;/q;;+2. The second kappa shape index (κ2) is 13.6. The summed E-state index contributed by atoms with van der Waals surface area (Å²) < 4.78 is 0. The van der Waals surface area contributed by atoms with E-state index in [2.05, 4.69) is 113 Å². The van der Waals surface area contributed by atoms with Gasteiger partial charge in [0.05, 0.1) is 0 Å². The Hall–Kier alpha value is 2.35. The number of hydrogen-bond donors (Lipinski definition) is 0. The summed E-state index contributed by atoms with van der Waals surface area (Å²) in [5, 5.41) is 2.72. The van der Waals surface area contributed by atoms with Crippen molar-refractivity contribution in [3.63, 3.8) is 0 Å².